The SMILES string of the molecule is CCN1CCN(C(CN)c2ccc(F)cc2Cl)CC1. The minimum atomic E-state index is -0.305. The molecular weight excluding hydrogens is 265 g/mol. The normalized spacial score (nSPS) is 19.6. The number of likely N-dealkylation sites (N-methyl/N-ethyl adjacent to an activating group) is 1. The fraction of sp³-hybridized carbons (Fsp3) is 0.571. The lowest BCUT2D eigenvalue weighted by molar-refractivity contribution is 0.102. The van der Waals surface area contributed by atoms with Gasteiger partial charge in [-0.2, -0.15) is 0 Å². The summed E-state index contributed by atoms with van der Waals surface area (Å²) < 4.78 is 13.1. The number of nitrogens with two attached hydrogens (primary N) is 1. The van der Waals surface area contributed by atoms with E-state index in [1.807, 2.05) is 0 Å². The van der Waals surface area contributed by atoms with Crippen molar-refractivity contribution in [1.82, 2.24) is 9.80 Å². The third kappa shape index (κ3) is 3.45. The molecule has 1 aromatic rings. The number of halogens is 2. The van der Waals surface area contributed by atoms with Crippen LogP contribution in [0, 0.1) is 5.82 Å². The third-order valence-corrected chi connectivity index (χ3v) is 4.17. The number of nitrogens with zero attached hydrogens (tertiary/aromatic N) is 2. The first-order valence-corrected chi connectivity index (χ1v) is 7.15. The van der Waals surface area contributed by atoms with E-state index in [2.05, 4.69) is 16.7 Å². The van der Waals surface area contributed by atoms with Crippen LogP contribution < -0.4 is 5.73 Å². The molecule has 0 spiro atoms. The Morgan fingerprint density at radius 3 is 2.53 bits per heavy atom. The lowest BCUT2D eigenvalue weighted by Gasteiger charge is -2.39. The molecule has 1 saturated heterocycles. The molecule has 2 rings (SSSR count). The van der Waals surface area contributed by atoms with Gasteiger partial charge < -0.3 is 10.6 Å². The molecule has 19 heavy (non-hydrogen) atoms. The van der Waals surface area contributed by atoms with Gasteiger partial charge in [0.2, 0.25) is 0 Å². The Morgan fingerprint density at radius 1 is 1.32 bits per heavy atom. The average Bonchev–Trinajstić information content (AvgIpc) is 2.42. The van der Waals surface area contributed by atoms with Gasteiger partial charge >= 0.3 is 0 Å². The average molecular weight is 286 g/mol. The Bertz CT molecular complexity index is 419. The Morgan fingerprint density at radius 2 is 2.00 bits per heavy atom. The molecular formula is C14H21ClFN3. The second-order valence-electron chi connectivity index (χ2n) is 4.89. The summed E-state index contributed by atoms with van der Waals surface area (Å²) in [6.45, 7) is 7.80. The maximum atomic E-state index is 13.1. The molecule has 1 unspecified atom stereocenters. The summed E-state index contributed by atoms with van der Waals surface area (Å²) in [5.41, 5.74) is 6.83. The summed E-state index contributed by atoms with van der Waals surface area (Å²) in [5, 5.41) is 0.466. The van der Waals surface area contributed by atoms with Gasteiger partial charge in [0.15, 0.2) is 0 Å². The van der Waals surface area contributed by atoms with Crippen LogP contribution in [0.25, 0.3) is 0 Å². The maximum Gasteiger partial charge on any atom is 0.124 e. The van der Waals surface area contributed by atoms with Gasteiger partial charge in [-0.15, -0.1) is 0 Å². The highest BCUT2D eigenvalue weighted by Gasteiger charge is 2.25. The highest BCUT2D eigenvalue weighted by atomic mass is 35.5. The minimum Gasteiger partial charge on any atom is -0.329 e. The largest absolute Gasteiger partial charge is 0.329 e. The van der Waals surface area contributed by atoms with Gasteiger partial charge in [0.05, 0.1) is 0 Å². The second kappa shape index (κ2) is 6.66. The summed E-state index contributed by atoms with van der Waals surface area (Å²) >= 11 is 6.15. The van der Waals surface area contributed by atoms with Crippen molar-refractivity contribution in [1.29, 1.82) is 0 Å². The molecule has 3 nitrogen and oxygen atoms in total. The molecule has 1 aromatic carbocycles. The number of piperazine rings is 1. The monoisotopic (exact) mass is 285 g/mol. The molecule has 1 atom stereocenters. The van der Waals surface area contributed by atoms with E-state index >= 15 is 0 Å². The van der Waals surface area contributed by atoms with Gasteiger partial charge in [-0.3, -0.25) is 4.90 Å². The van der Waals surface area contributed by atoms with Gasteiger partial charge in [-0.05, 0) is 24.2 Å². The first-order chi connectivity index (χ1) is 9.15. The molecule has 2 N–H and O–H groups in total. The summed E-state index contributed by atoms with van der Waals surface area (Å²) in [5.74, 6) is -0.305. The van der Waals surface area contributed by atoms with Crippen molar-refractivity contribution >= 4 is 11.6 Å². The first kappa shape index (κ1) is 14.7. The van der Waals surface area contributed by atoms with Crippen molar-refractivity contribution in [2.24, 2.45) is 5.73 Å². The molecule has 1 aliphatic heterocycles. The van der Waals surface area contributed by atoms with Crippen LogP contribution in [-0.2, 0) is 0 Å². The molecule has 0 saturated carbocycles. The first-order valence-electron chi connectivity index (χ1n) is 6.77. The summed E-state index contributed by atoms with van der Waals surface area (Å²) in [6, 6.07) is 4.64. The van der Waals surface area contributed by atoms with Crippen LogP contribution in [0.5, 0.6) is 0 Å². The van der Waals surface area contributed by atoms with Crippen molar-refractivity contribution in [3.63, 3.8) is 0 Å². The van der Waals surface area contributed by atoms with Crippen molar-refractivity contribution in [3.05, 3.63) is 34.6 Å². The van der Waals surface area contributed by atoms with Gasteiger partial charge in [0.25, 0.3) is 0 Å². The van der Waals surface area contributed by atoms with E-state index in [1.54, 1.807) is 6.07 Å². The molecule has 0 aromatic heterocycles. The molecule has 0 aliphatic carbocycles. The molecule has 1 fully saturated rings. The van der Waals surface area contributed by atoms with Gasteiger partial charge in [-0.25, -0.2) is 4.39 Å². The zero-order valence-corrected chi connectivity index (χ0v) is 12.0. The molecule has 0 radical (unpaired) electrons. The van der Waals surface area contributed by atoms with Gasteiger partial charge in [0.1, 0.15) is 5.82 Å². The summed E-state index contributed by atoms with van der Waals surface area (Å²) in [4.78, 5) is 4.75. The van der Waals surface area contributed by atoms with Crippen molar-refractivity contribution < 1.29 is 4.39 Å². The van der Waals surface area contributed by atoms with Crippen LogP contribution in [0.3, 0.4) is 0 Å². The Kier molecular flexibility index (Phi) is 5.16. The highest BCUT2D eigenvalue weighted by molar-refractivity contribution is 6.31. The lowest BCUT2D eigenvalue weighted by Crippen LogP contribution is -2.48. The quantitative estimate of drug-likeness (QED) is 0.920. The molecule has 1 aliphatic rings. The number of rotatable bonds is 4. The smallest absolute Gasteiger partial charge is 0.124 e. The summed E-state index contributed by atoms with van der Waals surface area (Å²) in [6.07, 6.45) is 0. The van der Waals surface area contributed by atoms with Crippen LogP contribution in [0.4, 0.5) is 4.39 Å². The second-order valence-corrected chi connectivity index (χ2v) is 5.29. The van der Waals surface area contributed by atoms with Crippen molar-refractivity contribution in [2.45, 2.75) is 13.0 Å². The third-order valence-electron chi connectivity index (χ3n) is 3.84. The van der Waals surface area contributed by atoms with E-state index in [0.29, 0.717) is 11.6 Å². The number of hydrogen-bond acceptors (Lipinski definition) is 3. The molecule has 0 bridgehead atoms. The van der Waals surface area contributed by atoms with E-state index in [4.69, 9.17) is 17.3 Å². The molecule has 0 amide bonds. The zero-order chi connectivity index (χ0) is 13.8. The van der Waals surface area contributed by atoms with Crippen molar-refractivity contribution in [3.8, 4) is 0 Å². The van der Waals surface area contributed by atoms with E-state index in [1.165, 1.54) is 12.1 Å². The van der Waals surface area contributed by atoms with E-state index in [9.17, 15) is 4.39 Å². The predicted molar refractivity (Wildman–Crippen MR) is 76.9 cm³/mol. The Labute approximate surface area is 119 Å². The lowest BCUT2D eigenvalue weighted by atomic mass is 10.0. The molecule has 5 heteroatoms. The number of hydrogen-bond donors (Lipinski definition) is 1. The minimum absolute atomic E-state index is 0.0760. The van der Waals surface area contributed by atoms with Crippen LogP contribution in [-0.4, -0.2) is 49.1 Å². The topological polar surface area (TPSA) is 32.5 Å². The van der Waals surface area contributed by atoms with Crippen LogP contribution in [0.1, 0.15) is 18.5 Å². The molecule has 106 valence electrons. The maximum absolute atomic E-state index is 13.1. The highest BCUT2D eigenvalue weighted by Crippen LogP contribution is 2.28. The summed E-state index contributed by atoms with van der Waals surface area (Å²) in [7, 11) is 0. The fourth-order valence-corrected chi connectivity index (χ4v) is 2.93. The number of benzene rings is 1. The predicted octanol–water partition coefficient (Wildman–Crippen LogP) is 2.12. The van der Waals surface area contributed by atoms with Crippen LogP contribution in [0.2, 0.25) is 5.02 Å². The van der Waals surface area contributed by atoms with E-state index in [0.717, 1.165) is 38.3 Å². The van der Waals surface area contributed by atoms with E-state index < -0.39 is 0 Å². The van der Waals surface area contributed by atoms with Crippen molar-refractivity contribution in [2.75, 3.05) is 39.3 Å². The fourth-order valence-electron chi connectivity index (χ4n) is 2.64. The Hall–Kier alpha value is -0.680. The Balaban J connectivity index is 2.12. The zero-order valence-electron chi connectivity index (χ0n) is 11.3. The van der Waals surface area contributed by atoms with E-state index in [-0.39, 0.29) is 11.9 Å². The van der Waals surface area contributed by atoms with Crippen LogP contribution >= 0.6 is 11.6 Å². The van der Waals surface area contributed by atoms with Gasteiger partial charge in [0, 0.05) is 43.8 Å². The van der Waals surface area contributed by atoms with Crippen LogP contribution in [0.15, 0.2) is 18.2 Å². The standard InChI is InChI=1S/C14H21ClFN3/c1-2-18-5-7-19(8-6-18)14(10-17)12-4-3-11(16)9-13(12)15/h3-4,9,14H,2,5-8,10,17H2,1H3. The molecule has 1 heterocycles. The van der Waals surface area contributed by atoms with Gasteiger partial charge in [-0.1, -0.05) is 24.6 Å².